The minimum Gasteiger partial charge on any atom is -0.491 e. The fourth-order valence-corrected chi connectivity index (χ4v) is 2.31. The highest BCUT2D eigenvalue weighted by molar-refractivity contribution is 6.03. The Balaban J connectivity index is 1.83. The Morgan fingerprint density at radius 3 is 2.28 bits per heavy atom. The number of benzene rings is 2. The van der Waals surface area contributed by atoms with Crippen LogP contribution >= 0.6 is 0 Å². The Kier molecular flexibility index (Phi) is 6.57. The van der Waals surface area contributed by atoms with Crippen LogP contribution in [0.3, 0.4) is 0 Å². The lowest BCUT2D eigenvalue weighted by atomic mass is 10.2. The van der Waals surface area contributed by atoms with Crippen LogP contribution in [-0.2, 0) is 16.1 Å². The van der Waals surface area contributed by atoms with E-state index >= 15 is 0 Å². The Morgan fingerprint density at radius 1 is 1.04 bits per heavy atom. The molecule has 0 heterocycles. The van der Waals surface area contributed by atoms with E-state index in [2.05, 4.69) is 5.32 Å². The number of hydrogen-bond acceptors (Lipinski definition) is 3. The van der Waals surface area contributed by atoms with Crippen LogP contribution in [0.1, 0.15) is 25.8 Å². The van der Waals surface area contributed by atoms with E-state index in [0.717, 1.165) is 11.3 Å². The highest BCUT2D eigenvalue weighted by Crippen LogP contribution is 2.17. The van der Waals surface area contributed by atoms with Crippen molar-refractivity contribution in [1.82, 2.24) is 4.90 Å². The fraction of sp³-hybridized carbons (Fsp3) is 0.300. The van der Waals surface area contributed by atoms with Crippen LogP contribution in [0.4, 0.5) is 5.69 Å². The number of amides is 2. The lowest BCUT2D eigenvalue weighted by Crippen LogP contribution is -2.30. The largest absolute Gasteiger partial charge is 0.491 e. The van der Waals surface area contributed by atoms with Crippen molar-refractivity contribution in [1.29, 1.82) is 0 Å². The number of hydrogen-bond donors (Lipinski definition) is 1. The molecule has 5 nitrogen and oxygen atoms in total. The van der Waals surface area contributed by atoms with E-state index in [0.29, 0.717) is 12.2 Å². The Bertz CT molecular complexity index is 697. The van der Waals surface area contributed by atoms with Gasteiger partial charge in [0.1, 0.15) is 12.2 Å². The number of nitrogens with zero attached hydrogens (tertiary/aromatic N) is 1. The van der Waals surface area contributed by atoms with E-state index in [4.69, 9.17) is 4.74 Å². The maximum absolute atomic E-state index is 12.2. The van der Waals surface area contributed by atoms with Gasteiger partial charge in [-0.15, -0.1) is 0 Å². The van der Waals surface area contributed by atoms with Gasteiger partial charge in [0.15, 0.2) is 0 Å². The van der Waals surface area contributed by atoms with Gasteiger partial charge in [0.25, 0.3) is 0 Å². The summed E-state index contributed by atoms with van der Waals surface area (Å²) in [7, 11) is 1.70. The van der Waals surface area contributed by atoms with Gasteiger partial charge in [-0.2, -0.15) is 0 Å². The lowest BCUT2D eigenvalue weighted by Gasteiger charge is -2.17. The van der Waals surface area contributed by atoms with Gasteiger partial charge in [-0.3, -0.25) is 9.59 Å². The molecule has 0 bridgehead atoms. The number of rotatable bonds is 7. The van der Waals surface area contributed by atoms with Crippen LogP contribution in [0.25, 0.3) is 0 Å². The zero-order valence-electron chi connectivity index (χ0n) is 14.9. The molecule has 0 unspecified atom stereocenters. The quantitative estimate of drug-likeness (QED) is 0.785. The number of carbonyl (C=O) groups is 2. The number of ether oxygens (including phenoxy) is 1. The minimum absolute atomic E-state index is 0.0956. The molecule has 0 saturated heterocycles. The topological polar surface area (TPSA) is 58.6 Å². The maximum Gasteiger partial charge on any atom is 0.233 e. The zero-order chi connectivity index (χ0) is 18.2. The van der Waals surface area contributed by atoms with Gasteiger partial charge in [-0.05, 0) is 43.7 Å². The molecule has 5 heteroatoms. The monoisotopic (exact) mass is 340 g/mol. The second kappa shape index (κ2) is 8.87. The van der Waals surface area contributed by atoms with Gasteiger partial charge >= 0.3 is 0 Å². The summed E-state index contributed by atoms with van der Waals surface area (Å²) in [5.74, 6) is 0.190. The summed E-state index contributed by atoms with van der Waals surface area (Å²) in [6.07, 6.45) is -0.0914. The predicted octanol–water partition coefficient (Wildman–Crippen LogP) is 3.46. The third-order valence-electron chi connectivity index (χ3n) is 3.51. The van der Waals surface area contributed by atoms with Crippen LogP contribution in [0.15, 0.2) is 54.6 Å². The van der Waals surface area contributed by atoms with Crippen molar-refractivity contribution >= 4 is 17.5 Å². The highest BCUT2D eigenvalue weighted by Gasteiger charge is 2.14. The van der Waals surface area contributed by atoms with Crippen molar-refractivity contribution in [3.8, 4) is 5.75 Å². The van der Waals surface area contributed by atoms with E-state index in [1.165, 1.54) is 0 Å². The summed E-state index contributed by atoms with van der Waals surface area (Å²) < 4.78 is 5.55. The first-order valence-corrected chi connectivity index (χ1v) is 8.28. The Hall–Kier alpha value is -2.82. The molecular formula is C20H24N2O3. The molecule has 0 atom stereocenters. The molecule has 132 valence electrons. The Labute approximate surface area is 148 Å². The summed E-state index contributed by atoms with van der Waals surface area (Å²) in [6.45, 7) is 4.38. The lowest BCUT2D eigenvalue weighted by molar-refractivity contribution is -0.134. The molecular weight excluding hydrogens is 316 g/mol. The third kappa shape index (κ3) is 6.30. The molecule has 2 aromatic rings. The highest BCUT2D eigenvalue weighted by atomic mass is 16.5. The summed E-state index contributed by atoms with van der Waals surface area (Å²) in [5, 5.41) is 2.73. The van der Waals surface area contributed by atoms with Gasteiger partial charge < -0.3 is 15.0 Å². The first-order valence-electron chi connectivity index (χ1n) is 8.28. The van der Waals surface area contributed by atoms with Crippen LogP contribution in [0.5, 0.6) is 5.75 Å². The molecule has 0 aliphatic heterocycles. The molecule has 0 aliphatic rings. The fourth-order valence-electron chi connectivity index (χ4n) is 2.31. The molecule has 2 rings (SSSR count). The molecule has 0 spiro atoms. The van der Waals surface area contributed by atoms with E-state index in [9.17, 15) is 9.59 Å². The molecule has 0 aliphatic carbocycles. The predicted molar refractivity (Wildman–Crippen MR) is 98.4 cm³/mol. The van der Waals surface area contributed by atoms with Gasteiger partial charge in [-0.1, -0.05) is 30.3 Å². The van der Waals surface area contributed by atoms with Crippen molar-refractivity contribution in [3.63, 3.8) is 0 Å². The summed E-state index contributed by atoms with van der Waals surface area (Å²) in [6, 6.07) is 16.8. The molecule has 0 aromatic heterocycles. The third-order valence-corrected chi connectivity index (χ3v) is 3.51. The standard InChI is InChI=1S/C20H24N2O3/c1-15(2)25-18-11-9-17(10-12-18)21-19(23)13-20(24)22(3)14-16-7-5-4-6-8-16/h4-12,15H,13-14H2,1-3H3,(H,21,23). The molecule has 2 aromatic carbocycles. The van der Waals surface area contributed by atoms with Crippen molar-refractivity contribution in [2.75, 3.05) is 12.4 Å². The van der Waals surface area contributed by atoms with E-state index in [1.807, 2.05) is 44.2 Å². The second-order valence-electron chi connectivity index (χ2n) is 6.15. The van der Waals surface area contributed by atoms with Crippen LogP contribution in [0.2, 0.25) is 0 Å². The van der Waals surface area contributed by atoms with Gasteiger partial charge in [-0.25, -0.2) is 0 Å². The van der Waals surface area contributed by atoms with Crippen molar-refractivity contribution < 1.29 is 14.3 Å². The minimum atomic E-state index is -0.331. The first-order chi connectivity index (χ1) is 11.9. The van der Waals surface area contributed by atoms with Crippen LogP contribution in [0, 0.1) is 0 Å². The van der Waals surface area contributed by atoms with E-state index in [-0.39, 0.29) is 24.3 Å². The normalized spacial score (nSPS) is 10.4. The van der Waals surface area contributed by atoms with Gasteiger partial charge in [0, 0.05) is 19.3 Å². The smallest absolute Gasteiger partial charge is 0.233 e. The first kappa shape index (κ1) is 18.5. The van der Waals surface area contributed by atoms with Gasteiger partial charge in [0.05, 0.1) is 6.10 Å². The van der Waals surface area contributed by atoms with Crippen molar-refractivity contribution in [2.45, 2.75) is 32.9 Å². The van der Waals surface area contributed by atoms with Gasteiger partial charge in [0.2, 0.25) is 11.8 Å². The van der Waals surface area contributed by atoms with Crippen molar-refractivity contribution in [3.05, 3.63) is 60.2 Å². The Morgan fingerprint density at radius 2 is 1.68 bits per heavy atom. The molecule has 0 radical (unpaired) electrons. The van der Waals surface area contributed by atoms with Crippen LogP contribution in [-0.4, -0.2) is 29.9 Å². The van der Waals surface area contributed by atoms with E-state index < -0.39 is 0 Å². The molecule has 2 amide bonds. The summed E-state index contributed by atoms with van der Waals surface area (Å²) in [4.78, 5) is 25.8. The van der Waals surface area contributed by atoms with E-state index in [1.54, 1.807) is 36.2 Å². The maximum atomic E-state index is 12.2. The molecule has 0 fully saturated rings. The summed E-state index contributed by atoms with van der Waals surface area (Å²) >= 11 is 0. The number of carbonyl (C=O) groups excluding carboxylic acids is 2. The SMILES string of the molecule is CC(C)Oc1ccc(NC(=O)CC(=O)N(C)Cc2ccccc2)cc1. The number of anilines is 1. The molecule has 1 N–H and O–H groups in total. The average Bonchev–Trinajstić information content (AvgIpc) is 2.57. The van der Waals surface area contributed by atoms with Crippen molar-refractivity contribution in [2.24, 2.45) is 0 Å². The average molecular weight is 340 g/mol. The molecule has 25 heavy (non-hydrogen) atoms. The second-order valence-corrected chi connectivity index (χ2v) is 6.15. The summed E-state index contributed by atoms with van der Waals surface area (Å²) in [5.41, 5.74) is 1.67. The zero-order valence-corrected chi connectivity index (χ0v) is 14.9. The molecule has 0 saturated carbocycles. The van der Waals surface area contributed by atoms with Crippen LogP contribution < -0.4 is 10.1 Å². The number of nitrogens with one attached hydrogen (secondary N) is 1.